The minimum Gasteiger partial charge on any atom is -0.309 e. The highest BCUT2D eigenvalue weighted by atomic mass is 14.9. The van der Waals surface area contributed by atoms with Crippen LogP contribution in [0.2, 0.25) is 0 Å². The van der Waals surface area contributed by atoms with Crippen LogP contribution < -0.4 is 5.32 Å². The van der Waals surface area contributed by atoms with Gasteiger partial charge in [0, 0.05) is 31.6 Å². The molecule has 0 saturated carbocycles. The van der Waals surface area contributed by atoms with E-state index in [-0.39, 0.29) is 0 Å². The molecule has 3 nitrogen and oxygen atoms in total. The first-order valence-electron chi connectivity index (χ1n) is 6.28. The maximum atomic E-state index is 4.50. The van der Waals surface area contributed by atoms with E-state index in [0.29, 0.717) is 6.04 Å². The molecule has 1 N–H and O–H groups in total. The van der Waals surface area contributed by atoms with Gasteiger partial charge >= 0.3 is 0 Å². The van der Waals surface area contributed by atoms with Crippen LogP contribution >= 0.6 is 0 Å². The summed E-state index contributed by atoms with van der Waals surface area (Å²) in [6.45, 7) is 7.04. The van der Waals surface area contributed by atoms with Gasteiger partial charge in [0.25, 0.3) is 0 Å². The van der Waals surface area contributed by atoms with Crippen LogP contribution in [0.15, 0.2) is 22.1 Å². The zero-order valence-electron chi connectivity index (χ0n) is 10.4. The molecule has 90 valence electrons. The van der Waals surface area contributed by atoms with E-state index < -0.39 is 0 Å². The molecule has 1 rings (SSSR count). The fourth-order valence-corrected chi connectivity index (χ4v) is 1.78. The predicted molar refractivity (Wildman–Crippen MR) is 71.8 cm³/mol. The molecule has 0 aliphatic carbocycles. The van der Waals surface area contributed by atoms with E-state index in [1.54, 1.807) is 0 Å². The summed E-state index contributed by atoms with van der Waals surface area (Å²) in [7, 11) is 0. The van der Waals surface area contributed by atoms with Crippen LogP contribution in [0, 0.1) is 0 Å². The SMILES string of the molecule is CCCC(CNCC1CC=CC=N1)=NCC. The normalized spacial score (nSPS) is 20.4. The molecular weight excluding hydrogens is 198 g/mol. The monoisotopic (exact) mass is 221 g/mol. The summed E-state index contributed by atoms with van der Waals surface area (Å²) in [6, 6.07) is 0.412. The van der Waals surface area contributed by atoms with Crippen molar-refractivity contribution >= 4 is 11.9 Å². The number of hydrogen-bond donors (Lipinski definition) is 1. The summed E-state index contributed by atoms with van der Waals surface area (Å²) < 4.78 is 0. The number of rotatable bonds is 7. The Labute approximate surface area is 98.8 Å². The van der Waals surface area contributed by atoms with Gasteiger partial charge in [0.2, 0.25) is 0 Å². The van der Waals surface area contributed by atoms with Gasteiger partial charge < -0.3 is 5.32 Å². The van der Waals surface area contributed by atoms with Crippen LogP contribution in [0.25, 0.3) is 0 Å². The van der Waals surface area contributed by atoms with E-state index in [0.717, 1.165) is 32.5 Å². The topological polar surface area (TPSA) is 36.8 Å². The third-order valence-corrected chi connectivity index (χ3v) is 2.56. The third kappa shape index (κ3) is 5.21. The lowest BCUT2D eigenvalue weighted by molar-refractivity contribution is 0.611. The van der Waals surface area contributed by atoms with Gasteiger partial charge in [-0.1, -0.05) is 19.4 Å². The van der Waals surface area contributed by atoms with E-state index >= 15 is 0 Å². The molecule has 1 heterocycles. The van der Waals surface area contributed by atoms with Gasteiger partial charge in [0.15, 0.2) is 0 Å². The Morgan fingerprint density at radius 3 is 3.00 bits per heavy atom. The van der Waals surface area contributed by atoms with Gasteiger partial charge in [0.1, 0.15) is 0 Å². The van der Waals surface area contributed by atoms with Crippen molar-refractivity contribution in [2.45, 2.75) is 39.2 Å². The van der Waals surface area contributed by atoms with E-state index in [1.165, 1.54) is 12.1 Å². The highest BCUT2D eigenvalue weighted by molar-refractivity contribution is 5.86. The van der Waals surface area contributed by atoms with Crippen LogP contribution in [0.1, 0.15) is 33.1 Å². The number of aliphatic imine (C=N–C) groups is 2. The Morgan fingerprint density at radius 1 is 1.50 bits per heavy atom. The fraction of sp³-hybridized carbons (Fsp3) is 0.692. The second-order valence-corrected chi connectivity index (χ2v) is 4.04. The van der Waals surface area contributed by atoms with Gasteiger partial charge in [0.05, 0.1) is 6.04 Å². The molecule has 0 radical (unpaired) electrons. The summed E-state index contributed by atoms with van der Waals surface area (Å²) in [6.07, 6.45) is 9.41. The van der Waals surface area contributed by atoms with Crippen molar-refractivity contribution in [2.75, 3.05) is 19.6 Å². The first-order chi connectivity index (χ1) is 7.86. The quantitative estimate of drug-likeness (QED) is 0.658. The molecule has 1 aliphatic rings. The Morgan fingerprint density at radius 2 is 2.38 bits per heavy atom. The molecule has 0 aromatic carbocycles. The third-order valence-electron chi connectivity index (χ3n) is 2.56. The van der Waals surface area contributed by atoms with Crippen molar-refractivity contribution in [2.24, 2.45) is 9.98 Å². The van der Waals surface area contributed by atoms with Crippen molar-refractivity contribution in [1.29, 1.82) is 0 Å². The molecule has 1 atom stereocenters. The second kappa shape index (κ2) is 8.22. The molecule has 0 aromatic rings. The molecule has 0 saturated heterocycles. The Hall–Kier alpha value is -0.960. The number of dihydropyridines is 1. The fourth-order valence-electron chi connectivity index (χ4n) is 1.78. The van der Waals surface area contributed by atoms with Crippen molar-refractivity contribution < 1.29 is 0 Å². The van der Waals surface area contributed by atoms with E-state index in [2.05, 4.69) is 35.2 Å². The largest absolute Gasteiger partial charge is 0.309 e. The standard InChI is InChI=1S/C13H23N3/c1-3-7-12(15-4-2)10-14-11-13-8-5-6-9-16-13/h5-6,9,13-14H,3-4,7-8,10-11H2,1-2H3. The first-order valence-corrected chi connectivity index (χ1v) is 6.28. The minimum atomic E-state index is 0.412. The lowest BCUT2D eigenvalue weighted by Crippen LogP contribution is -2.30. The first kappa shape index (κ1) is 13.1. The molecular formula is C13H23N3. The van der Waals surface area contributed by atoms with Crippen LogP contribution in [-0.4, -0.2) is 37.6 Å². The smallest absolute Gasteiger partial charge is 0.0658 e. The lowest BCUT2D eigenvalue weighted by atomic mass is 10.1. The van der Waals surface area contributed by atoms with E-state index in [1.807, 2.05) is 12.3 Å². The Kier molecular flexibility index (Phi) is 6.74. The lowest BCUT2D eigenvalue weighted by Gasteiger charge is -2.14. The summed E-state index contributed by atoms with van der Waals surface area (Å²) in [5.41, 5.74) is 1.29. The molecule has 0 aromatic heterocycles. The average molecular weight is 221 g/mol. The Balaban J connectivity index is 2.19. The molecule has 0 fully saturated rings. The van der Waals surface area contributed by atoms with Crippen LogP contribution in [0.4, 0.5) is 0 Å². The van der Waals surface area contributed by atoms with Gasteiger partial charge in [-0.2, -0.15) is 0 Å². The number of nitrogens with zero attached hydrogens (tertiary/aromatic N) is 2. The van der Waals surface area contributed by atoms with Crippen LogP contribution in [0.3, 0.4) is 0 Å². The van der Waals surface area contributed by atoms with Gasteiger partial charge in [-0.05, 0) is 25.8 Å². The maximum Gasteiger partial charge on any atom is 0.0658 e. The van der Waals surface area contributed by atoms with Crippen LogP contribution in [0.5, 0.6) is 0 Å². The second-order valence-electron chi connectivity index (χ2n) is 4.04. The van der Waals surface area contributed by atoms with Crippen molar-refractivity contribution in [1.82, 2.24) is 5.32 Å². The maximum absolute atomic E-state index is 4.50. The molecule has 1 aliphatic heterocycles. The van der Waals surface area contributed by atoms with Gasteiger partial charge in [-0.25, -0.2) is 0 Å². The summed E-state index contributed by atoms with van der Waals surface area (Å²) in [4.78, 5) is 8.90. The minimum absolute atomic E-state index is 0.412. The number of allylic oxidation sites excluding steroid dienone is 1. The molecule has 3 heteroatoms. The van der Waals surface area contributed by atoms with E-state index in [4.69, 9.17) is 0 Å². The van der Waals surface area contributed by atoms with Crippen LogP contribution in [-0.2, 0) is 0 Å². The predicted octanol–water partition coefficient (Wildman–Crippen LogP) is 2.24. The highest BCUT2D eigenvalue weighted by Gasteiger charge is 2.06. The summed E-state index contributed by atoms with van der Waals surface area (Å²) in [5.74, 6) is 0. The summed E-state index contributed by atoms with van der Waals surface area (Å²) in [5, 5.41) is 3.45. The highest BCUT2D eigenvalue weighted by Crippen LogP contribution is 2.02. The molecule has 16 heavy (non-hydrogen) atoms. The molecule has 0 amide bonds. The molecule has 0 spiro atoms. The Bertz CT molecular complexity index is 266. The van der Waals surface area contributed by atoms with Gasteiger partial charge in [-0.3, -0.25) is 9.98 Å². The zero-order valence-corrected chi connectivity index (χ0v) is 10.4. The molecule has 0 bridgehead atoms. The number of hydrogen-bond acceptors (Lipinski definition) is 3. The van der Waals surface area contributed by atoms with Crippen molar-refractivity contribution in [3.8, 4) is 0 Å². The van der Waals surface area contributed by atoms with E-state index in [9.17, 15) is 0 Å². The zero-order chi connectivity index (χ0) is 11.6. The van der Waals surface area contributed by atoms with Crippen molar-refractivity contribution in [3.63, 3.8) is 0 Å². The number of nitrogens with one attached hydrogen (secondary N) is 1. The summed E-state index contributed by atoms with van der Waals surface area (Å²) >= 11 is 0. The molecule has 1 unspecified atom stereocenters. The average Bonchev–Trinajstić information content (AvgIpc) is 2.31. The van der Waals surface area contributed by atoms with Gasteiger partial charge in [-0.15, -0.1) is 0 Å². The van der Waals surface area contributed by atoms with Crippen molar-refractivity contribution in [3.05, 3.63) is 12.2 Å².